The molecule has 0 spiro atoms. The lowest BCUT2D eigenvalue weighted by atomic mass is 9.79. The van der Waals surface area contributed by atoms with Crippen LogP contribution in [0.25, 0.3) is 0 Å². The van der Waals surface area contributed by atoms with Crippen LogP contribution in [-0.4, -0.2) is 34.1 Å². The van der Waals surface area contributed by atoms with E-state index in [4.69, 9.17) is 21.4 Å². The van der Waals surface area contributed by atoms with Gasteiger partial charge in [-0.15, -0.1) is 0 Å². The largest absolute Gasteiger partial charge is 0.478 e. The van der Waals surface area contributed by atoms with Gasteiger partial charge in [0.2, 0.25) is 0 Å². The Labute approximate surface area is 181 Å². The van der Waals surface area contributed by atoms with Crippen LogP contribution in [0.5, 0.6) is 11.5 Å². The molecule has 1 aliphatic heterocycles. The predicted molar refractivity (Wildman–Crippen MR) is 117 cm³/mol. The van der Waals surface area contributed by atoms with E-state index in [1.165, 1.54) is 12.1 Å². The molecule has 3 rings (SSSR count). The fraction of sp³-hybridized carbons (Fsp3) is 0.391. The Morgan fingerprint density at radius 1 is 1.07 bits per heavy atom. The number of nitrogens with one attached hydrogen (secondary N) is 2. The van der Waals surface area contributed by atoms with Crippen LogP contribution in [0.2, 0.25) is 5.02 Å². The molecule has 160 valence electrons. The van der Waals surface area contributed by atoms with Gasteiger partial charge in [0.25, 0.3) is 5.91 Å². The number of amides is 1. The third-order valence-electron chi connectivity index (χ3n) is 5.03. The molecule has 1 heterocycles. The van der Waals surface area contributed by atoms with E-state index in [9.17, 15) is 9.59 Å². The van der Waals surface area contributed by atoms with Gasteiger partial charge in [-0.25, -0.2) is 4.79 Å². The maximum absolute atomic E-state index is 12.8. The first-order valence-electron chi connectivity index (χ1n) is 9.85. The third kappa shape index (κ3) is 5.52. The van der Waals surface area contributed by atoms with Crippen molar-refractivity contribution in [3.05, 3.63) is 58.6 Å². The Balaban J connectivity index is 1.71. The molecule has 30 heavy (non-hydrogen) atoms. The molecule has 6 nitrogen and oxygen atoms in total. The van der Waals surface area contributed by atoms with Crippen LogP contribution in [0, 0.1) is 0 Å². The van der Waals surface area contributed by atoms with Crippen molar-refractivity contribution in [2.75, 3.05) is 0 Å². The minimum absolute atomic E-state index is 0.0530. The van der Waals surface area contributed by atoms with Gasteiger partial charge < -0.3 is 20.5 Å². The number of hydrogen-bond donors (Lipinski definition) is 3. The quantitative estimate of drug-likeness (QED) is 0.629. The van der Waals surface area contributed by atoms with Crippen LogP contribution in [0.4, 0.5) is 0 Å². The number of carboxylic acids is 1. The first-order chi connectivity index (χ1) is 13.9. The summed E-state index contributed by atoms with van der Waals surface area (Å²) in [6.45, 7) is 8.54. The van der Waals surface area contributed by atoms with E-state index in [-0.39, 0.29) is 33.6 Å². The monoisotopic (exact) mass is 430 g/mol. The first-order valence-corrected chi connectivity index (χ1v) is 10.2. The second-order valence-corrected chi connectivity index (χ2v) is 9.46. The van der Waals surface area contributed by atoms with Gasteiger partial charge in [-0.05, 0) is 76.9 Å². The summed E-state index contributed by atoms with van der Waals surface area (Å²) in [5.41, 5.74) is 0.423. The summed E-state index contributed by atoms with van der Waals surface area (Å²) in [6, 6.07) is 11.0. The van der Waals surface area contributed by atoms with E-state index < -0.39 is 5.97 Å². The zero-order chi connectivity index (χ0) is 22.1. The predicted octanol–water partition coefficient (Wildman–Crippen LogP) is 4.87. The second-order valence-electron chi connectivity index (χ2n) is 9.05. The molecule has 0 radical (unpaired) electrons. The molecule has 0 bridgehead atoms. The lowest BCUT2D eigenvalue weighted by Crippen LogP contribution is -2.62. The molecule has 0 aromatic heterocycles. The summed E-state index contributed by atoms with van der Waals surface area (Å²) >= 11 is 6.33. The van der Waals surface area contributed by atoms with Gasteiger partial charge in [-0.3, -0.25) is 4.79 Å². The van der Waals surface area contributed by atoms with Crippen LogP contribution < -0.4 is 15.4 Å². The normalized spacial score (nSPS) is 17.9. The summed E-state index contributed by atoms with van der Waals surface area (Å²) in [4.78, 5) is 23.9. The van der Waals surface area contributed by atoms with Gasteiger partial charge in [-0.2, -0.15) is 0 Å². The molecule has 0 unspecified atom stereocenters. The van der Waals surface area contributed by atoms with Gasteiger partial charge in [-0.1, -0.05) is 17.7 Å². The highest BCUT2D eigenvalue weighted by molar-refractivity contribution is 6.32. The Morgan fingerprint density at radius 2 is 1.73 bits per heavy atom. The number of piperidine rings is 1. The number of rotatable bonds is 5. The maximum Gasteiger partial charge on any atom is 0.335 e. The van der Waals surface area contributed by atoms with Crippen molar-refractivity contribution in [3.63, 3.8) is 0 Å². The van der Waals surface area contributed by atoms with Crippen LogP contribution >= 0.6 is 11.6 Å². The van der Waals surface area contributed by atoms with Gasteiger partial charge in [0.15, 0.2) is 0 Å². The summed E-state index contributed by atoms with van der Waals surface area (Å²) in [6.07, 6.45) is 1.66. The highest BCUT2D eigenvalue weighted by atomic mass is 35.5. The first kappa shape index (κ1) is 22.1. The maximum atomic E-state index is 12.8. The van der Waals surface area contributed by atoms with Gasteiger partial charge >= 0.3 is 5.97 Å². The van der Waals surface area contributed by atoms with Gasteiger partial charge in [0, 0.05) is 22.7 Å². The molecule has 0 saturated carbocycles. The van der Waals surface area contributed by atoms with E-state index in [0.717, 1.165) is 12.8 Å². The third-order valence-corrected chi connectivity index (χ3v) is 5.32. The number of benzene rings is 2. The molecule has 2 aromatic carbocycles. The Bertz CT molecular complexity index is 955. The van der Waals surface area contributed by atoms with Gasteiger partial charge in [0.1, 0.15) is 11.5 Å². The van der Waals surface area contributed by atoms with Crippen molar-refractivity contribution in [1.82, 2.24) is 10.6 Å². The van der Waals surface area contributed by atoms with Gasteiger partial charge in [0.05, 0.1) is 10.6 Å². The molecule has 1 aliphatic rings. The highest BCUT2D eigenvalue weighted by Gasteiger charge is 2.38. The highest BCUT2D eigenvalue weighted by Crippen LogP contribution is 2.32. The van der Waals surface area contributed by atoms with E-state index in [0.29, 0.717) is 17.1 Å². The van der Waals surface area contributed by atoms with Crippen molar-refractivity contribution in [2.24, 2.45) is 0 Å². The molecule has 0 atom stereocenters. The molecule has 3 N–H and O–H groups in total. The number of ether oxygens (including phenoxy) is 1. The average molecular weight is 431 g/mol. The topological polar surface area (TPSA) is 87.7 Å². The lowest BCUT2D eigenvalue weighted by Gasteiger charge is -2.46. The van der Waals surface area contributed by atoms with Crippen molar-refractivity contribution in [1.29, 1.82) is 0 Å². The molecule has 7 heteroatoms. The Kier molecular flexibility index (Phi) is 6.11. The molecule has 0 aliphatic carbocycles. The zero-order valence-electron chi connectivity index (χ0n) is 17.6. The summed E-state index contributed by atoms with van der Waals surface area (Å²) < 4.78 is 5.70. The van der Waals surface area contributed by atoms with Crippen molar-refractivity contribution in [3.8, 4) is 11.5 Å². The smallest absolute Gasteiger partial charge is 0.335 e. The van der Waals surface area contributed by atoms with E-state index in [2.05, 4.69) is 38.3 Å². The average Bonchev–Trinajstić information content (AvgIpc) is 2.60. The number of aromatic carboxylic acids is 1. The molecule has 1 fully saturated rings. The number of halogens is 1. The standard InChI is InChI=1S/C23H27ClN2O4/c1-22(2)12-16(13-23(3,4)26-22)25-20(27)14-8-9-19(18(24)11-14)30-17-7-5-6-15(10-17)21(28)29/h5-11,16,26H,12-13H2,1-4H3,(H,25,27)(H,28,29). The SMILES string of the molecule is CC1(C)CC(NC(=O)c2ccc(Oc3cccc(C(=O)O)c3)c(Cl)c2)CC(C)(C)N1. The van der Waals surface area contributed by atoms with Crippen LogP contribution in [0.15, 0.2) is 42.5 Å². The summed E-state index contributed by atoms with van der Waals surface area (Å²) in [5, 5.41) is 16.1. The van der Waals surface area contributed by atoms with Crippen molar-refractivity contribution >= 4 is 23.5 Å². The van der Waals surface area contributed by atoms with Crippen LogP contribution in [-0.2, 0) is 0 Å². The Hall–Kier alpha value is -2.57. The number of carboxylic acid groups (broad SMARTS) is 1. The number of carbonyl (C=O) groups excluding carboxylic acids is 1. The summed E-state index contributed by atoms with van der Waals surface area (Å²) in [7, 11) is 0. The van der Waals surface area contributed by atoms with E-state index in [1.54, 1.807) is 30.3 Å². The van der Waals surface area contributed by atoms with Crippen LogP contribution in [0.1, 0.15) is 61.3 Å². The molecular formula is C23H27ClN2O4. The second kappa shape index (κ2) is 8.28. The van der Waals surface area contributed by atoms with Crippen LogP contribution in [0.3, 0.4) is 0 Å². The molecule has 1 amide bonds. The van der Waals surface area contributed by atoms with Crippen molar-refractivity contribution < 1.29 is 19.4 Å². The molecule has 2 aromatic rings. The van der Waals surface area contributed by atoms with E-state index in [1.807, 2.05) is 0 Å². The van der Waals surface area contributed by atoms with E-state index >= 15 is 0 Å². The fourth-order valence-electron chi connectivity index (χ4n) is 4.24. The zero-order valence-corrected chi connectivity index (χ0v) is 18.3. The Morgan fingerprint density at radius 3 is 2.33 bits per heavy atom. The summed E-state index contributed by atoms with van der Waals surface area (Å²) in [5.74, 6) is -0.522. The number of hydrogen-bond acceptors (Lipinski definition) is 4. The molecule has 1 saturated heterocycles. The minimum atomic E-state index is -1.04. The number of carbonyl (C=O) groups is 2. The lowest BCUT2D eigenvalue weighted by molar-refractivity contribution is 0.0695. The molecular weight excluding hydrogens is 404 g/mol. The fourth-order valence-corrected chi connectivity index (χ4v) is 4.46. The van der Waals surface area contributed by atoms with Crippen molar-refractivity contribution in [2.45, 2.75) is 57.7 Å². The minimum Gasteiger partial charge on any atom is -0.478 e.